The van der Waals surface area contributed by atoms with E-state index in [9.17, 15) is 9.90 Å². The van der Waals surface area contributed by atoms with Gasteiger partial charge >= 0.3 is 6.09 Å². The molecule has 2 aliphatic heterocycles. The van der Waals surface area contributed by atoms with Crippen LogP contribution in [0.2, 0.25) is 0 Å². The molecule has 4 unspecified atom stereocenters. The molecule has 2 aliphatic rings. The van der Waals surface area contributed by atoms with Crippen LogP contribution in [-0.2, 0) is 16.1 Å². The quantitative estimate of drug-likeness (QED) is 0.725. The van der Waals surface area contributed by atoms with Gasteiger partial charge in [0, 0.05) is 24.7 Å². The maximum Gasteiger partial charge on any atom is 0.410 e. The van der Waals surface area contributed by atoms with Gasteiger partial charge in [-0.3, -0.25) is 0 Å². The summed E-state index contributed by atoms with van der Waals surface area (Å²) in [6, 6.07) is 10.00. The number of aliphatic hydroxyl groups is 1. The number of rotatable bonds is 5. The second-order valence-electron chi connectivity index (χ2n) is 10.2. The molecular formula is C24H38N2O4. The number of carbonyl (C=O) groups is 1. The molecule has 1 amide bonds. The molecule has 30 heavy (non-hydrogen) atoms. The Balaban J connectivity index is 1.73. The van der Waals surface area contributed by atoms with E-state index in [2.05, 4.69) is 20.8 Å². The zero-order valence-electron chi connectivity index (χ0n) is 19.3. The van der Waals surface area contributed by atoms with E-state index in [4.69, 9.17) is 9.47 Å². The molecule has 2 saturated heterocycles. The van der Waals surface area contributed by atoms with Crippen LogP contribution in [0.25, 0.3) is 0 Å². The van der Waals surface area contributed by atoms with Crippen molar-refractivity contribution in [2.24, 2.45) is 11.8 Å². The standard InChI is InChI=1S/C24H38N2O4/c1-17(2)20-12-13-24(16-25(20)21(27)30-23(4,5)6)18(3)14-26(24)22(28)29-15-19-10-8-7-9-11-19/h7-11,17-18,20,22,28H,12-16H2,1-6H3. The van der Waals surface area contributed by atoms with Gasteiger partial charge in [0.2, 0.25) is 6.41 Å². The molecule has 0 aliphatic carbocycles. The van der Waals surface area contributed by atoms with Crippen molar-refractivity contribution >= 4 is 6.09 Å². The number of amides is 1. The summed E-state index contributed by atoms with van der Waals surface area (Å²) >= 11 is 0. The lowest BCUT2D eigenvalue weighted by Gasteiger charge is -2.63. The lowest BCUT2D eigenvalue weighted by molar-refractivity contribution is -0.288. The summed E-state index contributed by atoms with van der Waals surface area (Å²) in [5, 5.41) is 10.8. The van der Waals surface area contributed by atoms with Crippen LogP contribution in [0.1, 0.15) is 59.9 Å². The summed E-state index contributed by atoms with van der Waals surface area (Å²) in [4.78, 5) is 17.0. The van der Waals surface area contributed by atoms with Crippen LogP contribution in [0.4, 0.5) is 4.79 Å². The van der Waals surface area contributed by atoms with Gasteiger partial charge in [0.1, 0.15) is 5.60 Å². The first kappa shape index (κ1) is 23.0. The van der Waals surface area contributed by atoms with E-state index in [1.807, 2.05) is 60.9 Å². The van der Waals surface area contributed by atoms with Crippen LogP contribution in [0.15, 0.2) is 30.3 Å². The van der Waals surface area contributed by atoms with Gasteiger partial charge in [-0.1, -0.05) is 51.1 Å². The SMILES string of the molecule is CC(C)C1CCC2(CN1C(=O)OC(C)(C)C)C(C)CN2C(O)OCc1ccccc1. The molecular weight excluding hydrogens is 380 g/mol. The summed E-state index contributed by atoms with van der Waals surface area (Å²) in [7, 11) is 0. The van der Waals surface area contributed by atoms with E-state index >= 15 is 0 Å². The van der Waals surface area contributed by atoms with Crippen molar-refractivity contribution in [2.45, 2.75) is 84.6 Å². The van der Waals surface area contributed by atoms with Crippen molar-refractivity contribution in [1.82, 2.24) is 9.80 Å². The summed E-state index contributed by atoms with van der Waals surface area (Å²) in [5.74, 6) is 0.712. The van der Waals surface area contributed by atoms with E-state index in [0.717, 1.165) is 24.9 Å². The maximum absolute atomic E-state index is 13.0. The average molecular weight is 419 g/mol. The lowest BCUT2D eigenvalue weighted by Crippen LogP contribution is -2.76. The van der Waals surface area contributed by atoms with Crippen LogP contribution < -0.4 is 0 Å². The van der Waals surface area contributed by atoms with Crippen molar-refractivity contribution in [3.8, 4) is 0 Å². The monoisotopic (exact) mass is 418 g/mol. The number of hydrogen-bond donors (Lipinski definition) is 1. The first-order valence-corrected chi connectivity index (χ1v) is 11.1. The Kier molecular flexibility index (Phi) is 6.80. The fourth-order valence-corrected chi connectivity index (χ4v) is 4.86. The van der Waals surface area contributed by atoms with Crippen LogP contribution in [0, 0.1) is 11.8 Å². The smallest absolute Gasteiger partial charge is 0.410 e. The minimum absolute atomic E-state index is 0.141. The lowest BCUT2D eigenvalue weighted by atomic mass is 9.68. The Hall–Kier alpha value is -1.63. The van der Waals surface area contributed by atoms with Gasteiger partial charge < -0.3 is 19.5 Å². The van der Waals surface area contributed by atoms with Crippen molar-refractivity contribution in [3.05, 3.63) is 35.9 Å². The predicted octanol–water partition coefficient (Wildman–Crippen LogP) is 4.23. The van der Waals surface area contributed by atoms with Crippen molar-refractivity contribution < 1.29 is 19.4 Å². The number of benzene rings is 1. The zero-order chi connectivity index (χ0) is 22.1. The second kappa shape index (κ2) is 8.85. The normalized spacial score (nSPS) is 28.5. The van der Waals surface area contributed by atoms with Crippen molar-refractivity contribution in [3.63, 3.8) is 0 Å². The molecule has 1 spiro atoms. The third-order valence-corrected chi connectivity index (χ3v) is 6.58. The molecule has 1 N–H and O–H groups in total. The van der Waals surface area contributed by atoms with E-state index in [1.165, 1.54) is 0 Å². The first-order valence-electron chi connectivity index (χ1n) is 11.1. The van der Waals surface area contributed by atoms with Gasteiger partial charge in [0.15, 0.2) is 0 Å². The summed E-state index contributed by atoms with van der Waals surface area (Å²) in [5.41, 5.74) is 0.211. The van der Waals surface area contributed by atoms with Gasteiger partial charge in [-0.25, -0.2) is 9.69 Å². The minimum Gasteiger partial charge on any atom is -0.444 e. The van der Waals surface area contributed by atoms with Crippen LogP contribution >= 0.6 is 0 Å². The van der Waals surface area contributed by atoms with Crippen molar-refractivity contribution in [2.75, 3.05) is 13.1 Å². The maximum atomic E-state index is 13.0. The van der Waals surface area contributed by atoms with Gasteiger partial charge in [0.05, 0.1) is 6.61 Å². The third-order valence-electron chi connectivity index (χ3n) is 6.58. The average Bonchev–Trinajstić information content (AvgIpc) is 2.69. The van der Waals surface area contributed by atoms with Gasteiger partial charge in [-0.2, -0.15) is 0 Å². The third kappa shape index (κ3) is 4.82. The zero-order valence-corrected chi connectivity index (χ0v) is 19.3. The van der Waals surface area contributed by atoms with Gasteiger partial charge in [-0.15, -0.1) is 0 Å². The highest BCUT2D eigenvalue weighted by Gasteiger charge is 2.58. The highest BCUT2D eigenvalue weighted by atomic mass is 16.6. The first-order chi connectivity index (χ1) is 14.0. The molecule has 0 aromatic heterocycles. The molecule has 0 radical (unpaired) electrons. The molecule has 3 rings (SSSR count). The largest absolute Gasteiger partial charge is 0.444 e. The summed E-state index contributed by atoms with van der Waals surface area (Å²) in [6.07, 6.45) is 0.571. The van der Waals surface area contributed by atoms with E-state index < -0.39 is 12.0 Å². The Morgan fingerprint density at radius 2 is 1.93 bits per heavy atom. The Morgan fingerprint density at radius 1 is 1.27 bits per heavy atom. The van der Waals surface area contributed by atoms with E-state index in [1.54, 1.807) is 0 Å². The number of likely N-dealkylation sites (tertiary alicyclic amines) is 2. The van der Waals surface area contributed by atoms with E-state index in [-0.39, 0.29) is 17.7 Å². The molecule has 6 nitrogen and oxygen atoms in total. The fourth-order valence-electron chi connectivity index (χ4n) is 4.86. The number of hydrogen-bond acceptors (Lipinski definition) is 5. The molecule has 2 fully saturated rings. The highest BCUT2D eigenvalue weighted by molar-refractivity contribution is 5.69. The Labute approximate surface area is 181 Å². The molecule has 0 bridgehead atoms. The number of carbonyl (C=O) groups excluding carboxylic acids is 1. The van der Waals surface area contributed by atoms with E-state index in [0.29, 0.717) is 25.0 Å². The van der Waals surface area contributed by atoms with Gasteiger partial charge in [-0.05, 0) is 51.0 Å². The molecule has 6 heteroatoms. The topological polar surface area (TPSA) is 62.2 Å². The minimum atomic E-state index is -0.988. The molecule has 168 valence electrons. The number of ether oxygens (including phenoxy) is 2. The fraction of sp³-hybridized carbons (Fsp3) is 0.708. The highest BCUT2D eigenvalue weighted by Crippen LogP contribution is 2.46. The predicted molar refractivity (Wildman–Crippen MR) is 117 cm³/mol. The van der Waals surface area contributed by atoms with Crippen LogP contribution in [-0.4, -0.2) is 57.7 Å². The molecule has 2 heterocycles. The van der Waals surface area contributed by atoms with Gasteiger partial charge in [0.25, 0.3) is 0 Å². The molecule has 0 saturated carbocycles. The number of aliphatic hydroxyl groups excluding tert-OH is 1. The molecule has 1 aromatic carbocycles. The summed E-state index contributed by atoms with van der Waals surface area (Å²) < 4.78 is 11.5. The summed E-state index contributed by atoms with van der Waals surface area (Å²) in [6.45, 7) is 13.9. The molecule has 1 aromatic rings. The Bertz CT molecular complexity index is 718. The number of piperidine rings is 1. The number of nitrogens with zero attached hydrogens (tertiary/aromatic N) is 2. The van der Waals surface area contributed by atoms with Crippen LogP contribution in [0.3, 0.4) is 0 Å². The Morgan fingerprint density at radius 3 is 2.50 bits per heavy atom. The molecule has 4 atom stereocenters. The van der Waals surface area contributed by atoms with Crippen LogP contribution in [0.5, 0.6) is 0 Å². The second-order valence-corrected chi connectivity index (χ2v) is 10.2. The van der Waals surface area contributed by atoms with Crippen molar-refractivity contribution in [1.29, 1.82) is 0 Å².